The first-order valence-electron chi connectivity index (χ1n) is 16.1. The van der Waals surface area contributed by atoms with Crippen molar-refractivity contribution < 1.29 is 0 Å². The number of para-hydroxylation sites is 2. The molecule has 2 aliphatic rings. The quantitative estimate of drug-likeness (QED) is 0.183. The lowest BCUT2D eigenvalue weighted by molar-refractivity contribution is 1.05. The molecule has 0 saturated heterocycles. The molecule has 48 heavy (non-hydrogen) atoms. The Kier molecular flexibility index (Phi) is 5.64. The van der Waals surface area contributed by atoms with E-state index in [1.165, 1.54) is 27.3 Å². The molecular formula is C43H27N5. The third-order valence-corrected chi connectivity index (χ3v) is 9.45. The lowest BCUT2D eigenvalue weighted by Gasteiger charge is -2.18. The Bertz CT molecular complexity index is 2820. The van der Waals surface area contributed by atoms with Gasteiger partial charge in [-0.3, -0.25) is 9.98 Å². The molecule has 0 amide bonds. The van der Waals surface area contributed by atoms with Gasteiger partial charge < -0.3 is 13.7 Å². The predicted octanol–water partition coefficient (Wildman–Crippen LogP) is 10.5. The van der Waals surface area contributed by atoms with Crippen molar-refractivity contribution in [2.75, 3.05) is 0 Å². The highest BCUT2D eigenvalue weighted by Crippen LogP contribution is 2.40. The van der Waals surface area contributed by atoms with Gasteiger partial charge in [-0.15, -0.1) is 11.5 Å². The molecule has 0 spiro atoms. The van der Waals surface area contributed by atoms with Crippen molar-refractivity contribution in [3.8, 4) is 17.1 Å². The number of hydrogen-bond donors (Lipinski definition) is 0. The summed E-state index contributed by atoms with van der Waals surface area (Å²) in [5.41, 5.74) is 20.4. The van der Waals surface area contributed by atoms with Gasteiger partial charge in [0.2, 0.25) is 0 Å². The van der Waals surface area contributed by atoms with Crippen LogP contribution in [0.15, 0.2) is 138 Å². The minimum Gasteiger partial charge on any atom is -0.309 e. The first-order valence-corrected chi connectivity index (χ1v) is 16.1. The van der Waals surface area contributed by atoms with E-state index in [4.69, 9.17) is 9.98 Å². The first kappa shape index (κ1) is 26.6. The molecule has 1 aliphatic heterocycles. The second kappa shape index (κ2) is 10.2. The fourth-order valence-electron chi connectivity index (χ4n) is 7.47. The maximum absolute atomic E-state index is 4.81. The maximum Gasteiger partial charge on any atom is 0.115 e. The highest BCUT2D eigenvalue weighted by Gasteiger charge is 2.22. The fraction of sp³-hybridized carbons (Fsp3) is 0.0233. The topological polar surface area (TPSA) is 40.0 Å². The number of allylic oxidation sites excluding steroid dienone is 3. The van der Waals surface area contributed by atoms with Crippen LogP contribution in [0.25, 0.3) is 79.0 Å². The number of rotatable bonds is 3. The zero-order valence-electron chi connectivity index (χ0n) is 26.1. The standard InChI is InChI=1S/C43H27N5/c1-28-20-21-35-34-12-3-2-4-15-38(34)47(41(35)24-28)30-25-29(46-36-16-7-5-13-32(36)33-14-6-8-17-37(33)46)26-31(27-30)48-39-18-9-10-22-44-42(39)43-40(48)19-11-23-45-43/h2-3,5-8,10-27H,1H3. The molecule has 224 valence electrons. The minimum absolute atomic E-state index is 0.838. The van der Waals surface area contributed by atoms with E-state index in [0.29, 0.717) is 0 Å². The molecule has 0 bridgehead atoms. The van der Waals surface area contributed by atoms with Gasteiger partial charge >= 0.3 is 0 Å². The molecule has 5 heteroatoms. The molecule has 5 nitrogen and oxygen atoms in total. The largest absolute Gasteiger partial charge is 0.309 e. The fourth-order valence-corrected chi connectivity index (χ4v) is 7.47. The molecule has 4 aromatic carbocycles. The van der Waals surface area contributed by atoms with Crippen molar-refractivity contribution >= 4 is 73.9 Å². The van der Waals surface area contributed by atoms with E-state index < -0.39 is 0 Å². The van der Waals surface area contributed by atoms with Gasteiger partial charge in [0.05, 0.1) is 50.5 Å². The van der Waals surface area contributed by atoms with Gasteiger partial charge in [0.15, 0.2) is 0 Å². The van der Waals surface area contributed by atoms with Crippen LogP contribution in [0.2, 0.25) is 0 Å². The number of aromatic nitrogens is 4. The average molecular weight is 614 g/mol. The second-order valence-corrected chi connectivity index (χ2v) is 12.3. The van der Waals surface area contributed by atoms with Gasteiger partial charge in [0.1, 0.15) is 11.2 Å². The predicted molar refractivity (Wildman–Crippen MR) is 199 cm³/mol. The number of benzene rings is 4. The Hall–Kier alpha value is -6.64. The van der Waals surface area contributed by atoms with Gasteiger partial charge in [-0.1, -0.05) is 60.7 Å². The van der Waals surface area contributed by atoms with E-state index in [2.05, 4.69) is 141 Å². The van der Waals surface area contributed by atoms with E-state index in [1.807, 2.05) is 30.5 Å². The van der Waals surface area contributed by atoms with Gasteiger partial charge in [0, 0.05) is 46.3 Å². The highest BCUT2D eigenvalue weighted by atomic mass is 15.1. The maximum atomic E-state index is 4.81. The van der Waals surface area contributed by atoms with E-state index in [-0.39, 0.29) is 0 Å². The monoisotopic (exact) mass is 613 g/mol. The van der Waals surface area contributed by atoms with Crippen LogP contribution in [0.3, 0.4) is 0 Å². The minimum atomic E-state index is 0.838. The van der Waals surface area contributed by atoms with Crippen LogP contribution in [-0.4, -0.2) is 24.9 Å². The first-order chi connectivity index (χ1) is 23.7. The molecule has 4 aromatic heterocycles. The van der Waals surface area contributed by atoms with Crippen LogP contribution in [0.1, 0.15) is 22.5 Å². The Labute approximate surface area is 276 Å². The van der Waals surface area contributed by atoms with Gasteiger partial charge in [-0.05, 0) is 73.2 Å². The summed E-state index contributed by atoms with van der Waals surface area (Å²) in [5.74, 6) is 0. The van der Waals surface area contributed by atoms with E-state index in [9.17, 15) is 0 Å². The number of aryl methyl sites for hydroxylation is 1. The SMILES string of the molecule is Cc1ccc2c3c(n(-c4cc(-n5c6c(c7ncccc75)N=CC=C=C6)cc(-n5c6ccccc6c6ccccc65)c4)c2c1)C=C=CC=C3. The number of pyridine rings is 1. The molecule has 1 aliphatic carbocycles. The van der Waals surface area contributed by atoms with E-state index >= 15 is 0 Å². The zero-order chi connectivity index (χ0) is 31.8. The summed E-state index contributed by atoms with van der Waals surface area (Å²) in [6.07, 6.45) is 15.8. The van der Waals surface area contributed by atoms with Crippen molar-refractivity contribution in [2.45, 2.75) is 6.92 Å². The summed E-state index contributed by atoms with van der Waals surface area (Å²) in [4.78, 5) is 9.61. The number of nitrogens with zero attached hydrogens (tertiary/aromatic N) is 5. The van der Waals surface area contributed by atoms with Crippen LogP contribution in [0, 0.1) is 6.92 Å². The molecule has 5 heterocycles. The third-order valence-electron chi connectivity index (χ3n) is 9.45. The van der Waals surface area contributed by atoms with E-state index in [0.717, 1.165) is 61.7 Å². The van der Waals surface area contributed by atoms with Crippen molar-refractivity contribution in [2.24, 2.45) is 4.99 Å². The summed E-state index contributed by atoms with van der Waals surface area (Å²) in [6, 6.07) is 35.0. The molecule has 0 atom stereocenters. The van der Waals surface area contributed by atoms with Crippen LogP contribution >= 0.6 is 0 Å². The Morgan fingerprint density at radius 1 is 0.583 bits per heavy atom. The summed E-state index contributed by atoms with van der Waals surface area (Å²) in [5, 5.41) is 3.65. The third kappa shape index (κ3) is 3.81. The summed E-state index contributed by atoms with van der Waals surface area (Å²) in [6.45, 7) is 2.15. The van der Waals surface area contributed by atoms with Crippen LogP contribution in [0.5, 0.6) is 0 Å². The Balaban J connectivity index is 1.38. The number of aliphatic imine (C=N–C) groups is 1. The molecule has 10 rings (SSSR count). The molecule has 0 unspecified atom stereocenters. The molecule has 0 saturated carbocycles. The molecule has 0 radical (unpaired) electrons. The van der Waals surface area contributed by atoms with Crippen LogP contribution in [0.4, 0.5) is 5.69 Å². The Morgan fingerprint density at radius 3 is 2.04 bits per heavy atom. The smallest absolute Gasteiger partial charge is 0.115 e. The van der Waals surface area contributed by atoms with E-state index in [1.54, 1.807) is 6.21 Å². The van der Waals surface area contributed by atoms with Crippen LogP contribution < -0.4 is 0 Å². The normalized spacial score (nSPS) is 13.2. The summed E-state index contributed by atoms with van der Waals surface area (Å²) >= 11 is 0. The molecule has 0 N–H and O–H groups in total. The van der Waals surface area contributed by atoms with Gasteiger partial charge in [-0.2, -0.15) is 0 Å². The average Bonchev–Trinajstić information content (AvgIpc) is 3.53. The highest BCUT2D eigenvalue weighted by molar-refractivity contribution is 6.09. The molecular weight excluding hydrogens is 587 g/mol. The second-order valence-electron chi connectivity index (χ2n) is 12.3. The lowest BCUT2D eigenvalue weighted by Crippen LogP contribution is -2.05. The molecule has 8 aromatic rings. The number of fused-ring (bicyclic) bond motifs is 9. The summed E-state index contributed by atoms with van der Waals surface area (Å²) in [7, 11) is 0. The van der Waals surface area contributed by atoms with Gasteiger partial charge in [-0.25, -0.2) is 0 Å². The lowest BCUT2D eigenvalue weighted by atomic mass is 10.1. The van der Waals surface area contributed by atoms with Crippen LogP contribution in [-0.2, 0) is 0 Å². The molecule has 0 fully saturated rings. The number of hydrogen-bond acceptors (Lipinski definition) is 2. The Morgan fingerprint density at radius 2 is 1.25 bits per heavy atom. The van der Waals surface area contributed by atoms with Crippen molar-refractivity contribution in [1.29, 1.82) is 0 Å². The van der Waals surface area contributed by atoms with Gasteiger partial charge in [0.25, 0.3) is 0 Å². The van der Waals surface area contributed by atoms with Crippen molar-refractivity contribution in [3.05, 3.63) is 155 Å². The van der Waals surface area contributed by atoms with Crippen molar-refractivity contribution in [3.63, 3.8) is 0 Å². The zero-order valence-corrected chi connectivity index (χ0v) is 26.1. The van der Waals surface area contributed by atoms with Crippen molar-refractivity contribution in [1.82, 2.24) is 18.7 Å². The summed E-state index contributed by atoms with van der Waals surface area (Å²) < 4.78 is 7.04.